The molecule has 0 spiro atoms. The van der Waals surface area contributed by atoms with Crippen LogP contribution in [0.15, 0.2) is 24.5 Å². The molecular weight excluding hydrogens is 246 g/mol. The van der Waals surface area contributed by atoms with E-state index in [0.717, 1.165) is 0 Å². The minimum Gasteiger partial charge on any atom is -0.354 e. The Kier molecular flexibility index (Phi) is 6.21. The molecular formula is C13H17N3O3. The number of pyridine rings is 1. The summed E-state index contributed by atoms with van der Waals surface area (Å²) in [6.45, 7) is 2.13. The van der Waals surface area contributed by atoms with Crippen LogP contribution in [-0.2, 0) is 9.59 Å². The molecule has 0 fully saturated rings. The van der Waals surface area contributed by atoms with E-state index in [2.05, 4.69) is 15.6 Å². The number of rotatable bonds is 7. The quantitative estimate of drug-likeness (QED) is 0.692. The van der Waals surface area contributed by atoms with Gasteiger partial charge in [-0.3, -0.25) is 14.6 Å². The van der Waals surface area contributed by atoms with Gasteiger partial charge in [0.25, 0.3) is 5.91 Å². The Bertz CT molecular complexity index is 446. The van der Waals surface area contributed by atoms with Gasteiger partial charge in [-0.15, -0.1) is 0 Å². The van der Waals surface area contributed by atoms with Crippen LogP contribution in [0.2, 0.25) is 0 Å². The normalized spacial score (nSPS) is 9.74. The minimum atomic E-state index is -0.208. The molecule has 19 heavy (non-hydrogen) atoms. The van der Waals surface area contributed by atoms with Crippen molar-refractivity contribution in [3.63, 3.8) is 0 Å². The number of amides is 2. The molecule has 0 aliphatic carbocycles. The molecule has 0 aliphatic heterocycles. The zero-order chi connectivity index (χ0) is 14.1. The molecule has 6 heteroatoms. The monoisotopic (exact) mass is 263 g/mol. The number of carbonyl (C=O) groups is 3. The first-order chi connectivity index (χ1) is 9.09. The zero-order valence-electron chi connectivity index (χ0n) is 10.8. The highest BCUT2D eigenvalue weighted by Crippen LogP contribution is 1.94. The van der Waals surface area contributed by atoms with E-state index in [-0.39, 0.29) is 30.4 Å². The Balaban J connectivity index is 2.16. The van der Waals surface area contributed by atoms with Crippen molar-refractivity contribution < 1.29 is 14.4 Å². The number of hydrogen-bond acceptors (Lipinski definition) is 4. The summed E-state index contributed by atoms with van der Waals surface area (Å²) in [5.41, 5.74) is 0.526. The summed E-state index contributed by atoms with van der Waals surface area (Å²) < 4.78 is 0. The third-order valence-electron chi connectivity index (χ3n) is 2.38. The maximum Gasteiger partial charge on any atom is 0.251 e. The molecule has 1 rings (SSSR count). The first-order valence-electron chi connectivity index (χ1n) is 6.04. The number of Topliss-reactive ketones (excluding diaryl/α,β-unsaturated/α-hetero) is 1. The van der Waals surface area contributed by atoms with E-state index >= 15 is 0 Å². The number of hydrogen-bond donors (Lipinski definition) is 2. The second-order valence-corrected chi connectivity index (χ2v) is 4.04. The summed E-state index contributed by atoms with van der Waals surface area (Å²) in [6, 6.07) is 3.22. The molecule has 1 aromatic rings. The van der Waals surface area contributed by atoms with Crippen molar-refractivity contribution >= 4 is 17.6 Å². The Morgan fingerprint density at radius 3 is 2.32 bits per heavy atom. The van der Waals surface area contributed by atoms with Gasteiger partial charge >= 0.3 is 0 Å². The largest absolute Gasteiger partial charge is 0.354 e. The maximum absolute atomic E-state index is 11.6. The molecule has 0 radical (unpaired) electrons. The van der Waals surface area contributed by atoms with Gasteiger partial charge in [0.15, 0.2) is 0 Å². The molecule has 1 aromatic heterocycles. The average molecular weight is 263 g/mol. The predicted octanol–water partition coefficient (Wildman–Crippen LogP) is 0.297. The highest BCUT2D eigenvalue weighted by Gasteiger charge is 2.05. The Labute approximate surface area is 111 Å². The van der Waals surface area contributed by atoms with Crippen molar-refractivity contribution in [3.05, 3.63) is 30.1 Å². The summed E-state index contributed by atoms with van der Waals surface area (Å²) in [6.07, 6.45) is 3.51. The van der Waals surface area contributed by atoms with E-state index in [9.17, 15) is 14.4 Å². The predicted molar refractivity (Wildman–Crippen MR) is 69.5 cm³/mol. The first kappa shape index (κ1) is 14.8. The van der Waals surface area contributed by atoms with Crippen molar-refractivity contribution in [3.8, 4) is 0 Å². The minimum absolute atomic E-state index is 0.0128. The fourth-order valence-corrected chi connectivity index (χ4v) is 1.36. The molecule has 2 amide bonds. The summed E-state index contributed by atoms with van der Waals surface area (Å²) >= 11 is 0. The van der Waals surface area contributed by atoms with E-state index in [1.165, 1.54) is 6.92 Å². The molecule has 102 valence electrons. The van der Waals surface area contributed by atoms with Crippen molar-refractivity contribution in [1.82, 2.24) is 15.6 Å². The van der Waals surface area contributed by atoms with Crippen LogP contribution in [0.5, 0.6) is 0 Å². The van der Waals surface area contributed by atoms with Crippen LogP contribution in [0.4, 0.5) is 0 Å². The fraction of sp³-hybridized carbons (Fsp3) is 0.385. The van der Waals surface area contributed by atoms with Crippen LogP contribution in [-0.4, -0.2) is 35.7 Å². The van der Waals surface area contributed by atoms with Gasteiger partial charge in [-0.05, 0) is 19.1 Å². The number of ketones is 1. The average Bonchev–Trinajstić information content (AvgIpc) is 2.42. The molecule has 6 nitrogen and oxygen atoms in total. The van der Waals surface area contributed by atoms with Gasteiger partial charge in [0.1, 0.15) is 5.78 Å². The Morgan fingerprint density at radius 1 is 1.05 bits per heavy atom. The van der Waals surface area contributed by atoms with Gasteiger partial charge in [-0.1, -0.05) is 0 Å². The van der Waals surface area contributed by atoms with Gasteiger partial charge in [0.05, 0.1) is 0 Å². The van der Waals surface area contributed by atoms with Gasteiger partial charge in [-0.2, -0.15) is 0 Å². The van der Waals surface area contributed by atoms with E-state index in [0.29, 0.717) is 18.7 Å². The number of carbonyl (C=O) groups excluding carboxylic acids is 3. The van der Waals surface area contributed by atoms with Gasteiger partial charge in [0.2, 0.25) is 5.91 Å². The molecule has 0 atom stereocenters. The molecule has 0 aliphatic rings. The lowest BCUT2D eigenvalue weighted by Crippen LogP contribution is -2.34. The van der Waals surface area contributed by atoms with Crippen LogP contribution < -0.4 is 10.6 Å². The topological polar surface area (TPSA) is 88.2 Å². The molecule has 0 aromatic carbocycles. The van der Waals surface area contributed by atoms with Gasteiger partial charge in [0, 0.05) is 43.9 Å². The standard InChI is InChI=1S/C13H17N3O3/c1-10(17)2-3-12(18)15-8-9-16-13(19)11-4-6-14-7-5-11/h4-7H,2-3,8-9H2,1H3,(H,15,18)(H,16,19). The van der Waals surface area contributed by atoms with E-state index in [1.54, 1.807) is 24.5 Å². The first-order valence-corrected chi connectivity index (χ1v) is 6.04. The lowest BCUT2D eigenvalue weighted by atomic mass is 10.2. The zero-order valence-corrected chi connectivity index (χ0v) is 10.8. The highest BCUT2D eigenvalue weighted by molar-refractivity contribution is 5.94. The molecule has 0 saturated heterocycles. The third-order valence-corrected chi connectivity index (χ3v) is 2.38. The number of aromatic nitrogens is 1. The molecule has 0 bridgehead atoms. The molecule has 2 N–H and O–H groups in total. The van der Waals surface area contributed by atoms with Crippen molar-refractivity contribution in [2.45, 2.75) is 19.8 Å². The lowest BCUT2D eigenvalue weighted by molar-refractivity contribution is -0.124. The van der Waals surface area contributed by atoms with Crippen LogP contribution in [0.3, 0.4) is 0 Å². The summed E-state index contributed by atoms with van der Waals surface area (Å²) in [5, 5.41) is 5.30. The van der Waals surface area contributed by atoms with Gasteiger partial charge < -0.3 is 15.4 Å². The van der Waals surface area contributed by atoms with Crippen molar-refractivity contribution in [2.24, 2.45) is 0 Å². The summed E-state index contributed by atoms with van der Waals surface area (Å²) in [7, 11) is 0. The smallest absolute Gasteiger partial charge is 0.251 e. The maximum atomic E-state index is 11.6. The van der Waals surface area contributed by atoms with Gasteiger partial charge in [-0.25, -0.2) is 0 Å². The number of nitrogens with zero attached hydrogens (tertiary/aromatic N) is 1. The third kappa shape index (κ3) is 6.30. The van der Waals surface area contributed by atoms with E-state index in [1.807, 2.05) is 0 Å². The van der Waals surface area contributed by atoms with Crippen molar-refractivity contribution in [1.29, 1.82) is 0 Å². The Morgan fingerprint density at radius 2 is 1.68 bits per heavy atom. The van der Waals surface area contributed by atoms with E-state index in [4.69, 9.17) is 0 Å². The van der Waals surface area contributed by atoms with Crippen molar-refractivity contribution in [2.75, 3.05) is 13.1 Å². The lowest BCUT2D eigenvalue weighted by Gasteiger charge is -2.06. The Hall–Kier alpha value is -2.24. The molecule has 1 heterocycles. The SMILES string of the molecule is CC(=O)CCC(=O)NCCNC(=O)c1ccncc1. The number of nitrogens with one attached hydrogen (secondary N) is 2. The fourth-order valence-electron chi connectivity index (χ4n) is 1.36. The van der Waals surface area contributed by atoms with E-state index < -0.39 is 0 Å². The second-order valence-electron chi connectivity index (χ2n) is 4.04. The highest BCUT2D eigenvalue weighted by atomic mass is 16.2. The van der Waals surface area contributed by atoms with Crippen LogP contribution in [0, 0.1) is 0 Å². The van der Waals surface area contributed by atoms with Crippen LogP contribution in [0.25, 0.3) is 0 Å². The summed E-state index contributed by atoms with van der Waals surface area (Å²) in [5.74, 6) is -0.408. The molecule has 0 unspecified atom stereocenters. The van der Waals surface area contributed by atoms with Crippen LogP contribution >= 0.6 is 0 Å². The summed E-state index contributed by atoms with van der Waals surface area (Å²) in [4.78, 5) is 37.4. The second kappa shape index (κ2) is 7.97. The molecule has 0 saturated carbocycles. The van der Waals surface area contributed by atoms with Crippen LogP contribution in [0.1, 0.15) is 30.1 Å².